The summed E-state index contributed by atoms with van der Waals surface area (Å²) in [5.41, 5.74) is 2.15. The Morgan fingerprint density at radius 1 is 1.37 bits per heavy atom. The van der Waals surface area contributed by atoms with Crippen molar-refractivity contribution in [2.75, 3.05) is 6.61 Å². The van der Waals surface area contributed by atoms with Crippen LogP contribution in [-0.2, 0) is 22.5 Å². The summed E-state index contributed by atoms with van der Waals surface area (Å²) < 4.78 is 4.78. The lowest BCUT2D eigenvalue weighted by Crippen LogP contribution is -2.38. The Morgan fingerprint density at radius 3 is 2.58 bits per heavy atom. The van der Waals surface area contributed by atoms with Gasteiger partial charge in [-0.15, -0.1) is 0 Å². The van der Waals surface area contributed by atoms with Gasteiger partial charge in [0.2, 0.25) is 0 Å². The number of hydrogen-bond acceptors (Lipinski definition) is 3. The van der Waals surface area contributed by atoms with Gasteiger partial charge in [0, 0.05) is 0 Å². The minimum Gasteiger partial charge on any atom is -0.480 e. The third-order valence-electron chi connectivity index (χ3n) is 3.18. The van der Waals surface area contributed by atoms with Gasteiger partial charge in [-0.3, -0.25) is 4.90 Å². The van der Waals surface area contributed by atoms with Gasteiger partial charge in [-0.25, -0.2) is 9.59 Å². The highest BCUT2D eigenvalue weighted by molar-refractivity contribution is 5.82. The molecule has 1 N–H and O–H groups in total. The Morgan fingerprint density at radius 2 is 2.00 bits per heavy atom. The predicted octanol–water partition coefficient (Wildman–Crippen LogP) is 2.04. The van der Waals surface area contributed by atoms with E-state index < -0.39 is 18.1 Å². The summed E-state index contributed by atoms with van der Waals surface area (Å²) in [6, 6.07) is 6.99. The second-order valence-corrected chi connectivity index (χ2v) is 4.63. The van der Waals surface area contributed by atoms with Crippen molar-refractivity contribution in [3.63, 3.8) is 0 Å². The highest BCUT2D eigenvalue weighted by atomic mass is 16.6. The van der Waals surface area contributed by atoms with E-state index >= 15 is 0 Å². The van der Waals surface area contributed by atoms with Gasteiger partial charge in [0.1, 0.15) is 6.61 Å². The van der Waals surface area contributed by atoms with Gasteiger partial charge in [0.25, 0.3) is 0 Å². The highest BCUT2D eigenvalue weighted by Gasteiger charge is 2.37. The molecule has 5 heteroatoms. The van der Waals surface area contributed by atoms with Crippen LogP contribution in [0.4, 0.5) is 4.79 Å². The van der Waals surface area contributed by atoms with Crippen LogP contribution in [0.1, 0.15) is 24.5 Å². The number of carboxylic acid groups (broad SMARTS) is 1. The maximum atomic E-state index is 11.5. The average molecular weight is 263 g/mol. The van der Waals surface area contributed by atoms with E-state index in [9.17, 15) is 9.59 Å². The van der Waals surface area contributed by atoms with E-state index in [0.29, 0.717) is 0 Å². The van der Waals surface area contributed by atoms with E-state index in [2.05, 4.69) is 6.92 Å². The summed E-state index contributed by atoms with van der Waals surface area (Å²) in [6.45, 7) is 2.30. The van der Waals surface area contributed by atoms with Crippen LogP contribution in [0, 0.1) is 0 Å². The normalized spacial score (nSPS) is 18.5. The molecule has 1 aliphatic heterocycles. The van der Waals surface area contributed by atoms with Crippen molar-refractivity contribution >= 4 is 12.1 Å². The number of aryl methyl sites for hydroxylation is 1. The quantitative estimate of drug-likeness (QED) is 0.882. The van der Waals surface area contributed by atoms with Crippen LogP contribution in [0.25, 0.3) is 0 Å². The van der Waals surface area contributed by atoms with Crippen LogP contribution < -0.4 is 0 Å². The summed E-state index contributed by atoms with van der Waals surface area (Å²) in [6.07, 6.45) is 1.54. The van der Waals surface area contributed by atoms with E-state index in [0.717, 1.165) is 18.4 Å². The summed E-state index contributed by atoms with van der Waals surface area (Å²) in [5.74, 6) is -1.03. The molecule has 1 unspecified atom stereocenters. The number of carbonyl (C=O) groups excluding carboxylic acids is 1. The van der Waals surface area contributed by atoms with E-state index in [1.165, 1.54) is 10.5 Å². The standard InChI is InChI=1S/C14H17NO4/c1-2-3-10-4-6-11(7-5-10)8-15-12(13(16)17)9-19-14(15)18/h4-7,12H,2-3,8-9H2,1H3,(H,16,17). The number of ether oxygens (including phenoxy) is 1. The Kier molecular flexibility index (Phi) is 4.04. The zero-order chi connectivity index (χ0) is 13.8. The zero-order valence-electron chi connectivity index (χ0n) is 10.8. The molecule has 1 heterocycles. The third-order valence-corrected chi connectivity index (χ3v) is 3.18. The molecule has 0 saturated carbocycles. The molecule has 1 fully saturated rings. The molecule has 0 bridgehead atoms. The fraction of sp³-hybridized carbons (Fsp3) is 0.429. The molecule has 102 valence electrons. The molecule has 1 amide bonds. The maximum Gasteiger partial charge on any atom is 0.411 e. The first-order chi connectivity index (χ1) is 9.11. The molecule has 0 spiro atoms. The monoisotopic (exact) mass is 263 g/mol. The molecular formula is C14H17NO4. The molecule has 1 aromatic rings. The lowest BCUT2D eigenvalue weighted by Gasteiger charge is -2.18. The van der Waals surface area contributed by atoms with Crippen LogP contribution in [0.2, 0.25) is 0 Å². The van der Waals surface area contributed by atoms with E-state index in [4.69, 9.17) is 9.84 Å². The largest absolute Gasteiger partial charge is 0.480 e. The number of benzene rings is 1. The molecule has 2 rings (SSSR count). The van der Waals surface area contributed by atoms with Crippen molar-refractivity contribution < 1.29 is 19.4 Å². The third kappa shape index (κ3) is 3.05. The highest BCUT2D eigenvalue weighted by Crippen LogP contribution is 2.17. The van der Waals surface area contributed by atoms with Crippen LogP contribution >= 0.6 is 0 Å². The van der Waals surface area contributed by atoms with Crippen LogP contribution in [0.3, 0.4) is 0 Å². The van der Waals surface area contributed by atoms with Crippen molar-refractivity contribution in [3.8, 4) is 0 Å². The number of cyclic esters (lactones) is 1. The second-order valence-electron chi connectivity index (χ2n) is 4.63. The lowest BCUT2D eigenvalue weighted by molar-refractivity contribution is -0.141. The first-order valence-electron chi connectivity index (χ1n) is 6.36. The van der Waals surface area contributed by atoms with Crippen molar-refractivity contribution in [1.82, 2.24) is 4.90 Å². The fourth-order valence-electron chi connectivity index (χ4n) is 2.13. The van der Waals surface area contributed by atoms with Crippen molar-refractivity contribution in [2.45, 2.75) is 32.4 Å². The minimum atomic E-state index is -1.03. The minimum absolute atomic E-state index is 0.0813. The number of hydrogen-bond donors (Lipinski definition) is 1. The topological polar surface area (TPSA) is 66.8 Å². The molecule has 0 aliphatic carbocycles. The lowest BCUT2D eigenvalue weighted by atomic mass is 10.1. The molecule has 0 aromatic heterocycles. The number of nitrogens with zero attached hydrogens (tertiary/aromatic N) is 1. The first-order valence-corrected chi connectivity index (χ1v) is 6.36. The van der Waals surface area contributed by atoms with Crippen molar-refractivity contribution in [2.24, 2.45) is 0 Å². The maximum absolute atomic E-state index is 11.5. The van der Waals surface area contributed by atoms with Gasteiger partial charge in [-0.05, 0) is 17.5 Å². The summed E-state index contributed by atoms with van der Waals surface area (Å²) in [5, 5.41) is 9.02. The predicted molar refractivity (Wildman–Crippen MR) is 68.8 cm³/mol. The van der Waals surface area contributed by atoms with Crippen LogP contribution in [0.15, 0.2) is 24.3 Å². The average Bonchev–Trinajstić information content (AvgIpc) is 2.74. The number of carbonyl (C=O) groups is 2. The van der Waals surface area contributed by atoms with Gasteiger partial charge in [-0.1, -0.05) is 37.6 Å². The van der Waals surface area contributed by atoms with Crippen LogP contribution in [-0.4, -0.2) is 34.7 Å². The number of rotatable bonds is 5. The number of carboxylic acids is 1. The molecule has 1 saturated heterocycles. The second kappa shape index (κ2) is 5.73. The van der Waals surface area contributed by atoms with Crippen molar-refractivity contribution in [3.05, 3.63) is 35.4 Å². The molecule has 19 heavy (non-hydrogen) atoms. The zero-order valence-corrected chi connectivity index (χ0v) is 10.8. The van der Waals surface area contributed by atoms with Crippen LogP contribution in [0.5, 0.6) is 0 Å². The molecule has 1 aliphatic rings. The SMILES string of the molecule is CCCc1ccc(CN2C(=O)OCC2C(=O)O)cc1. The molecule has 5 nitrogen and oxygen atoms in total. The van der Waals surface area contributed by atoms with Gasteiger partial charge >= 0.3 is 12.1 Å². The van der Waals surface area contributed by atoms with E-state index in [1.54, 1.807) is 0 Å². The van der Waals surface area contributed by atoms with Gasteiger partial charge < -0.3 is 9.84 Å². The smallest absolute Gasteiger partial charge is 0.411 e. The number of aliphatic carboxylic acids is 1. The first kappa shape index (κ1) is 13.4. The molecular weight excluding hydrogens is 246 g/mol. The molecule has 1 aromatic carbocycles. The molecule has 0 radical (unpaired) electrons. The Balaban J connectivity index is 2.06. The van der Waals surface area contributed by atoms with Gasteiger partial charge in [-0.2, -0.15) is 0 Å². The van der Waals surface area contributed by atoms with Gasteiger partial charge in [0.15, 0.2) is 6.04 Å². The number of amides is 1. The summed E-state index contributed by atoms with van der Waals surface area (Å²) >= 11 is 0. The Labute approximate surface area is 111 Å². The summed E-state index contributed by atoms with van der Waals surface area (Å²) in [7, 11) is 0. The summed E-state index contributed by atoms with van der Waals surface area (Å²) in [4.78, 5) is 23.8. The Bertz CT molecular complexity index is 469. The molecule has 1 atom stereocenters. The Hall–Kier alpha value is -2.04. The van der Waals surface area contributed by atoms with Gasteiger partial charge in [0.05, 0.1) is 6.54 Å². The van der Waals surface area contributed by atoms with E-state index in [-0.39, 0.29) is 13.2 Å². The van der Waals surface area contributed by atoms with E-state index in [1.807, 2.05) is 24.3 Å². The van der Waals surface area contributed by atoms with Crippen molar-refractivity contribution in [1.29, 1.82) is 0 Å². The fourth-order valence-corrected chi connectivity index (χ4v) is 2.13.